The summed E-state index contributed by atoms with van der Waals surface area (Å²) < 4.78 is 23.0. The third-order valence-corrected chi connectivity index (χ3v) is 6.70. The molecule has 0 aliphatic carbocycles. The van der Waals surface area contributed by atoms with E-state index in [1.54, 1.807) is 27.5 Å². The third-order valence-electron chi connectivity index (χ3n) is 6.70. The van der Waals surface area contributed by atoms with E-state index in [1.807, 2.05) is 62.4 Å². The zero-order chi connectivity index (χ0) is 27.1. The zero-order valence-corrected chi connectivity index (χ0v) is 22.8. The first-order valence-corrected chi connectivity index (χ1v) is 12.9. The van der Waals surface area contributed by atoms with Crippen LogP contribution >= 0.6 is 0 Å². The number of pyridine rings is 1. The van der Waals surface area contributed by atoms with Gasteiger partial charge in [0.2, 0.25) is 5.91 Å². The lowest BCUT2D eigenvalue weighted by atomic mass is 9.87. The number of ether oxygens (including phenoxy) is 4. The van der Waals surface area contributed by atoms with Gasteiger partial charge in [-0.1, -0.05) is 12.1 Å². The van der Waals surface area contributed by atoms with Crippen LogP contribution in [0.25, 0.3) is 0 Å². The topological polar surface area (TPSA) is 82.2 Å². The molecule has 1 aliphatic rings. The highest BCUT2D eigenvalue weighted by molar-refractivity contribution is 5.78. The lowest BCUT2D eigenvalue weighted by Gasteiger charge is -2.38. The minimum Gasteiger partial charge on any atom is -0.496 e. The maximum absolute atomic E-state index is 13.1. The molecule has 0 spiro atoms. The van der Waals surface area contributed by atoms with Gasteiger partial charge in [0.1, 0.15) is 11.5 Å². The van der Waals surface area contributed by atoms with E-state index in [4.69, 9.17) is 18.9 Å². The van der Waals surface area contributed by atoms with Crippen molar-refractivity contribution in [3.05, 3.63) is 77.1 Å². The Morgan fingerprint density at radius 3 is 2.42 bits per heavy atom. The molecule has 0 saturated carbocycles. The van der Waals surface area contributed by atoms with Gasteiger partial charge in [0, 0.05) is 29.9 Å². The van der Waals surface area contributed by atoms with Crippen molar-refractivity contribution in [2.45, 2.75) is 45.4 Å². The Labute approximate surface area is 224 Å². The number of aromatic nitrogens is 1. The van der Waals surface area contributed by atoms with Gasteiger partial charge >= 0.3 is 0 Å². The van der Waals surface area contributed by atoms with Crippen LogP contribution in [0.15, 0.2) is 54.7 Å². The van der Waals surface area contributed by atoms with Crippen molar-refractivity contribution < 1.29 is 23.7 Å². The van der Waals surface area contributed by atoms with Crippen molar-refractivity contribution in [1.82, 2.24) is 15.2 Å². The second-order valence-corrected chi connectivity index (χ2v) is 9.55. The number of methoxy groups -OCH3 is 3. The Bertz CT molecular complexity index is 1230. The van der Waals surface area contributed by atoms with Crippen LogP contribution < -0.4 is 24.3 Å². The van der Waals surface area contributed by atoms with E-state index in [0.29, 0.717) is 31.0 Å². The van der Waals surface area contributed by atoms with E-state index in [-0.39, 0.29) is 24.6 Å². The SMILES string of the molecule is COc1ccc(CC2c3c(OC)ccc(OC(C)C)c3CCN2CC(=O)NCc2ccccn2)cc1OC. The molecule has 8 heteroatoms. The summed E-state index contributed by atoms with van der Waals surface area (Å²) >= 11 is 0. The predicted octanol–water partition coefficient (Wildman–Crippen LogP) is 4.35. The Hall–Kier alpha value is -3.78. The quantitative estimate of drug-likeness (QED) is 0.403. The number of nitrogens with one attached hydrogen (secondary N) is 1. The molecule has 1 aliphatic heterocycles. The molecule has 8 nitrogen and oxygen atoms in total. The zero-order valence-electron chi connectivity index (χ0n) is 22.8. The van der Waals surface area contributed by atoms with E-state index >= 15 is 0 Å². The molecule has 1 unspecified atom stereocenters. The molecule has 3 aromatic rings. The van der Waals surface area contributed by atoms with Gasteiger partial charge in [-0.3, -0.25) is 14.7 Å². The third kappa shape index (κ3) is 6.37. The van der Waals surface area contributed by atoms with Gasteiger partial charge in [-0.05, 0) is 68.7 Å². The lowest BCUT2D eigenvalue weighted by Crippen LogP contribution is -2.43. The van der Waals surface area contributed by atoms with Crippen LogP contribution in [0.2, 0.25) is 0 Å². The van der Waals surface area contributed by atoms with Crippen molar-refractivity contribution >= 4 is 5.91 Å². The first-order valence-electron chi connectivity index (χ1n) is 12.9. The van der Waals surface area contributed by atoms with Gasteiger partial charge in [-0.2, -0.15) is 0 Å². The summed E-state index contributed by atoms with van der Waals surface area (Å²) in [5.41, 5.74) is 4.08. The predicted molar refractivity (Wildman–Crippen MR) is 146 cm³/mol. The number of carbonyl (C=O) groups is 1. The first kappa shape index (κ1) is 27.3. The van der Waals surface area contributed by atoms with Gasteiger partial charge in [-0.15, -0.1) is 0 Å². The van der Waals surface area contributed by atoms with Crippen molar-refractivity contribution in [2.24, 2.45) is 0 Å². The molecule has 1 aromatic heterocycles. The lowest BCUT2D eigenvalue weighted by molar-refractivity contribution is -0.123. The number of amides is 1. The molecule has 2 heterocycles. The highest BCUT2D eigenvalue weighted by Gasteiger charge is 2.34. The maximum atomic E-state index is 13.1. The summed E-state index contributed by atoms with van der Waals surface area (Å²) in [5, 5.41) is 3.02. The summed E-state index contributed by atoms with van der Waals surface area (Å²) in [4.78, 5) is 19.6. The normalized spacial score (nSPS) is 15.1. The standard InChI is InChI=1S/C30H37N3O5/c1-20(2)38-25-11-12-27(36-4)30-23(25)13-15-33(19-29(34)32-18-22-8-6-7-14-31-22)24(30)16-21-9-10-26(35-3)28(17-21)37-5/h6-12,14,17,20,24H,13,15-16,18-19H2,1-5H3,(H,32,34). The highest BCUT2D eigenvalue weighted by atomic mass is 16.5. The first-order chi connectivity index (χ1) is 18.4. The van der Waals surface area contributed by atoms with E-state index in [2.05, 4.69) is 15.2 Å². The fourth-order valence-corrected chi connectivity index (χ4v) is 4.97. The van der Waals surface area contributed by atoms with Crippen LogP contribution in [-0.2, 0) is 24.2 Å². The van der Waals surface area contributed by atoms with Crippen LogP contribution in [0.1, 0.15) is 42.3 Å². The number of rotatable bonds is 11. The molecule has 202 valence electrons. The van der Waals surface area contributed by atoms with Gasteiger partial charge < -0.3 is 24.3 Å². The average molecular weight is 520 g/mol. The number of carbonyl (C=O) groups excluding carboxylic acids is 1. The molecule has 38 heavy (non-hydrogen) atoms. The van der Waals surface area contributed by atoms with Gasteiger partial charge in [-0.25, -0.2) is 0 Å². The molecule has 0 saturated heterocycles. The number of hydrogen-bond acceptors (Lipinski definition) is 7. The van der Waals surface area contributed by atoms with E-state index in [1.165, 1.54) is 0 Å². The van der Waals surface area contributed by atoms with Gasteiger partial charge in [0.15, 0.2) is 11.5 Å². The van der Waals surface area contributed by atoms with Crippen LogP contribution in [0.5, 0.6) is 23.0 Å². The number of fused-ring (bicyclic) bond motifs is 1. The number of hydrogen-bond donors (Lipinski definition) is 1. The number of benzene rings is 2. The van der Waals surface area contributed by atoms with Crippen molar-refractivity contribution in [2.75, 3.05) is 34.4 Å². The molecule has 1 atom stereocenters. The smallest absolute Gasteiger partial charge is 0.234 e. The maximum Gasteiger partial charge on any atom is 0.234 e. The van der Waals surface area contributed by atoms with Gasteiger partial charge in [0.25, 0.3) is 0 Å². The molecular formula is C30H37N3O5. The van der Waals surface area contributed by atoms with E-state index in [9.17, 15) is 4.79 Å². The molecular weight excluding hydrogens is 482 g/mol. The molecule has 1 amide bonds. The summed E-state index contributed by atoms with van der Waals surface area (Å²) in [7, 11) is 4.94. The number of nitrogens with zero attached hydrogens (tertiary/aromatic N) is 2. The molecule has 0 bridgehead atoms. The van der Waals surface area contributed by atoms with Crippen LogP contribution in [0, 0.1) is 0 Å². The molecule has 2 aromatic carbocycles. The van der Waals surface area contributed by atoms with Crippen LogP contribution in [-0.4, -0.2) is 56.3 Å². The average Bonchev–Trinajstić information content (AvgIpc) is 2.93. The van der Waals surface area contributed by atoms with Crippen LogP contribution in [0.3, 0.4) is 0 Å². The van der Waals surface area contributed by atoms with E-state index in [0.717, 1.165) is 40.3 Å². The summed E-state index contributed by atoms with van der Waals surface area (Å²) in [6.45, 7) is 5.41. The Balaban J connectivity index is 1.66. The van der Waals surface area contributed by atoms with Crippen LogP contribution in [0.4, 0.5) is 0 Å². The second-order valence-electron chi connectivity index (χ2n) is 9.55. The highest BCUT2D eigenvalue weighted by Crippen LogP contribution is 2.43. The fourth-order valence-electron chi connectivity index (χ4n) is 4.97. The molecule has 1 N–H and O–H groups in total. The largest absolute Gasteiger partial charge is 0.496 e. The minimum absolute atomic E-state index is 0.0483. The monoisotopic (exact) mass is 519 g/mol. The van der Waals surface area contributed by atoms with Crippen molar-refractivity contribution in [3.8, 4) is 23.0 Å². The second kappa shape index (κ2) is 12.6. The van der Waals surface area contributed by atoms with E-state index < -0.39 is 0 Å². The molecule has 0 radical (unpaired) electrons. The minimum atomic E-state index is -0.108. The molecule has 0 fully saturated rings. The fraction of sp³-hybridized carbons (Fsp3) is 0.400. The van der Waals surface area contributed by atoms with Crippen molar-refractivity contribution in [1.29, 1.82) is 0 Å². The summed E-state index contributed by atoms with van der Waals surface area (Å²) in [6, 6.07) is 15.5. The Morgan fingerprint density at radius 1 is 1.00 bits per heavy atom. The van der Waals surface area contributed by atoms with Gasteiger partial charge in [0.05, 0.1) is 46.2 Å². The summed E-state index contributed by atoms with van der Waals surface area (Å²) in [6.07, 6.45) is 3.19. The summed E-state index contributed by atoms with van der Waals surface area (Å²) in [5.74, 6) is 2.96. The molecule has 4 rings (SSSR count). The van der Waals surface area contributed by atoms with Crippen molar-refractivity contribution in [3.63, 3.8) is 0 Å². The Kier molecular flexibility index (Phi) is 9.07. The Morgan fingerprint density at radius 2 is 1.74 bits per heavy atom.